The maximum Gasteiger partial charge on any atom is 0.240 e. The second kappa shape index (κ2) is 5.80. The molecule has 0 spiro atoms. The lowest BCUT2D eigenvalue weighted by molar-refractivity contribution is -0.127. The van der Waals surface area contributed by atoms with E-state index in [1.165, 1.54) is 0 Å². The van der Waals surface area contributed by atoms with Gasteiger partial charge in [-0.25, -0.2) is 0 Å². The van der Waals surface area contributed by atoms with E-state index in [1.54, 1.807) is 14.0 Å². The molecule has 0 saturated carbocycles. The van der Waals surface area contributed by atoms with Crippen molar-refractivity contribution in [1.82, 2.24) is 10.6 Å². The van der Waals surface area contributed by atoms with Crippen LogP contribution in [0, 0.1) is 0 Å². The number of rotatable bonds is 6. The molecule has 0 aromatic rings. The lowest BCUT2D eigenvalue weighted by Crippen LogP contribution is -2.54. The number of hydrogen-bond donors (Lipinski definition) is 3. The minimum absolute atomic E-state index is 0.0345. The molecule has 3 N–H and O–H groups in total. The molecule has 0 aromatic carbocycles. The van der Waals surface area contributed by atoms with Crippen LogP contribution in [0.3, 0.4) is 0 Å². The van der Waals surface area contributed by atoms with Crippen LogP contribution in [-0.4, -0.2) is 49.0 Å². The molecular formula is C12H24N2O3. The molecule has 0 aliphatic carbocycles. The third-order valence-corrected chi connectivity index (χ3v) is 3.34. The summed E-state index contributed by atoms with van der Waals surface area (Å²) < 4.78 is 4.92. The molecule has 100 valence electrons. The van der Waals surface area contributed by atoms with Gasteiger partial charge < -0.3 is 20.5 Å². The van der Waals surface area contributed by atoms with Crippen LogP contribution in [0.1, 0.15) is 33.1 Å². The molecule has 1 fully saturated rings. The van der Waals surface area contributed by atoms with Crippen molar-refractivity contribution in [3.8, 4) is 0 Å². The van der Waals surface area contributed by atoms with Crippen LogP contribution in [-0.2, 0) is 9.53 Å². The summed E-state index contributed by atoms with van der Waals surface area (Å²) in [6.07, 6.45) is 2.37. The highest BCUT2D eigenvalue weighted by atomic mass is 16.5. The molecule has 5 heteroatoms. The van der Waals surface area contributed by atoms with Crippen molar-refractivity contribution in [3.63, 3.8) is 0 Å². The number of aliphatic hydroxyl groups is 1. The van der Waals surface area contributed by atoms with Gasteiger partial charge in [0.25, 0.3) is 0 Å². The largest absolute Gasteiger partial charge is 0.388 e. The van der Waals surface area contributed by atoms with Gasteiger partial charge in [-0.3, -0.25) is 4.79 Å². The molecule has 2 unspecified atom stereocenters. The first-order chi connectivity index (χ1) is 7.90. The van der Waals surface area contributed by atoms with E-state index >= 15 is 0 Å². The SMILES string of the molecule is COCCC(C)(O)CNC(=O)C1(C)CCCN1. The Hall–Kier alpha value is -0.650. The molecule has 1 aliphatic heterocycles. The van der Waals surface area contributed by atoms with Gasteiger partial charge in [-0.2, -0.15) is 0 Å². The van der Waals surface area contributed by atoms with Gasteiger partial charge in [-0.15, -0.1) is 0 Å². The summed E-state index contributed by atoms with van der Waals surface area (Å²) in [6, 6.07) is 0. The third-order valence-electron chi connectivity index (χ3n) is 3.34. The molecule has 2 atom stereocenters. The maximum atomic E-state index is 12.0. The van der Waals surface area contributed by atoms with Gasteiger partial charge in [0.1, 0.15) is 0 Å². The second-order valence-corrected chi connectivity index (χ2v) is 5.28. The van der Waals surface area contributed by atoms with Crippen LogP contribution in [0.5, 0.6) is 0 Å². The average molecular weight is 244 g/mol. The molecule has 1 amide bonds. The van der Waals surface area contributed by atoms with Crippen LogP contribution in [0.4, 0.5) is 0 Å². The summed E-state index contributed by atoms with van der Waals surface area (Å²) in [5.74, 6) is -0.0345. The van der Waals surface area contributed by atoms with E-state index in [9.17, 15) is 9.90 Å². The number of carbonyl (C=O) groups excluding carboxylic acids is 1. The zero-order valence-electron chi connectivity index (χ0n) is 11.0. The smallest absolute Gasteiger partial charge is 0.240 e. The number of carbonyl (C=O) groups is 1. The van der Waals surface area contributed by atoms with Gasteiger partial charge >= 0.3 is 0 Å². The summed E-state index contributed by atoms with van der Waals surface area (Å²) in [4.78, 5) is 12.0. The van der Waals surface area contributed by atoms with E-state index in [-0.39, 0.29) is 12.5 Å². The quantitative estimate of drug-likeness (QED) is 0.616. The Morgan fingerprint density at radius 3 is 2.88 bits per heavy atom. The predicted molar refractivity (Wildman–Crippen MR) is 65.8 cm³/mol. The molecule has 1 aliphatic rings. The lowest BCUT2D eigenvalue weighted by Gasteiger charge is -2.28. The number of hydrogen-bond acceptors (Lipinski definition) is 4. The van der Waals surface area contributed by atoms with Crippen LogP contribution >= 0.6 is 0 Å². The summed E-state index contributed by atoms with van der Waals surface area (Å²) >= 11 is 0. The van der Waals surface area contributed by atoms with Crippen molar-refractivity contribution in [2.75, 3.05) is 26.8 Å². The molecule has 0 bridgehead atoms. The predicted octanol–water partition coefficient (Wildman–Crippen LogP) is 0.0322. The first kappa shape index (κ1) is 14.4. The number of ether oxygens (including phenoxy) is 1. The average Bonchev–Trinajstić information content (AvgIpc) is 2.72. The van der Waals surface area contributed by atoms with Crippen molar-refractivity contribution < 1.29 is 14.6 Å². The highest BCUT2D eigenvalue weighted by Gasteiger charge is 2.36. The van der Waals surface area contributed by atoms with E-state index in [4.69, 9.17) is 4.74 Å². The first-order valence-electron chi connectivity index (χ1n) is 6.14. The van der Waals surface area contributed by atoms with Crippen LogP contribution in [0.2, 0.25) is 0 Å². The minimum atomic E-state index is -0.916. The first-order valence-corrected chi connectivity index (χ1v) is 6.14. The normalized spacial score (nSPS) is 27.8. The molecule has 5 nitrogen and oxygen atoms in total. The topological polar surface area (TPSA) is 70.6 Å². The van der Waals surface area contributed by atoms with Gasteiger partial charge in [-0.1, -0.05) is 0 Å². The summed E-state index contributed by atoms with van der Waals surface area (Å²) in [5, 5.41) is 16.0. The Morgan fingerprint density at radius 2 is 2.35 bits per heavy atom. The summed E-state index contributed by atoms with van der Waals surface area (Å²) in [6.45, 7) is 5.23. The number of amides is 1. The summed E-state index contributed by atoms with van der Waals surface area (Å²) in [5.41, 5.74) is -1.39. The van der Waals surface area contributed by atoms with Gasteiger partial charge in [-0.05, 0) is 33.2 Å². The van der Waals surface area contributed by atoms with Crippen molar-refractivity contribution in [3.05, 3.63) is 0 Å². The van der Waals surface area contributed by atoms with E-state index in [0.29, 0.717) is 13.0 Å². The Morgan fingerprint density at radius 1 is 1.65 bits per heavy atom. The monoisotopic (exact) mass is 244 g/mol. The van der Waals surface area contributed by atoms with E-state index in [2.05, 4.69) is 10.6 Å². The Kier molecular flexibility index (Phi) is 4.91. The van der Waals surface area contributed by atoms with Crippen LogP contribution in [0.25, 0.3) is 0 Å². The molecule has 1 saturated heterocycles. The van der Waals surface area contributed by atoms with Gasteiger partial charge in [0.2, 0.25) is 5.91 Å². The number of nitrogens with one attached hydrogen (secondary N) is 2. The third kappa shape index (κ3) is 4.26. The maximum absolute atomic E-state index is 12.0. The fourth-order valence-corrected chi connectivity index (χ4v) is 1.96. The van der Waals surface area contributed by atoms with Gasteiger partial charge in [0.05, 0.1) is 11.1 Å². The van der Waals surface area contributed by atoms with Gasteiger partial charge in [0, 0.05) is 26.7 Å². The summed E-state index contributed by atoms with van der Waals surface area (Å²) in [7, 11) is 1.60. The Labute approximate surface area is 103 Å². The molecule has 17 heavy (non-hydrogen) atoms. The van der Waals surface area contributed by atoms with Crippen LogP contribution < -0.4 is 10.6 Å². The van der Waals surface area contributed by atoms with E-state index in [0.717, 1.165) is 19.4 Å². The molecule has 1 rings (SSSR count). The lowest BCUT2D eigenvalue weighted by atomic mass is 9.98. The molecule has 0 radical (unpaired) electrons. The number of methoxy groups -OCH3 is 1. The highest BCUT2D eigenvalue weighted by molar-refractivity contribution is 5.86. The van der Waals surface area contributed by atoms with E-state index in [1.807, 2.05) is 6.92 Å². The van der Waals surface area contributed by atoms with Crippen LogP contribution in [0.15, 0.2) is 0 Å². The highest BCUT2D eigenvalue weighted by Crippen LogP contribution is 2.18. The van der Waals surface area contributed by atoms with Crippen molar-refractivity contribution in [1.29, 1.82) is 0 Å². The molecular weight excluding hydrogens is 220 g/mol. The Balaban J connectivity index is 2.36. The zero-order valence-corrected chi connectivity index (χ0v) is 11.0. The minimum Gasteiger partial charge on any atom is -0.388 e. The fraction of sp³-hybridized carbons (Fsp3) is 0.917. The van der Waals surface area contributed by atoms with Crippen molar-refractivity contribution in [2.24, 2.45) is 0 Å². The molecule has 1 heterocycles. The van der Waals surface area contributed by atoms with Crippen molar-refractivity contribution >= 4 is 5.91 Å². The molecule has 0 aromatic heterocycles. The van der Waals surface area contributed by atoms with Gasteiger partial charge in [0.15, 0.2) is 0 Å². The fourth-order valence-electron chi connectivity index (χ4n) is 1.96. The second-order valence-electron chi connectivity index (χ2n) is 5.28. The van der Waals surface area contributed by atoms with Crippen molar-refractivity contribution in [2.45, 2.75) is 44.2 Å². The van der Waals surface area contributed by atoms with E-state index < -0.39 is 11.1 Å². The Bertz CT molecular complexity index is 260. The standard InChI is InChI=1S/C12H24N2O3/c1-11(16,6-8-17-3)9-13-10(15)12(2)5-4-7-14-12/h14,16H,4-9H2,1-3H3,(H,13,15). The zero-order chi connectivity index (χ0) is 12.9.